The fourth-order valence-corrected chi connectivity index (χ4v) is 1.38. The van der Waals surface area contributed by atoms with Crippen molar-refractivity contribution in [2.75, 3.05) is 7.11 Å². The van der Waals surface area contributed by atoms with E-state index in [0.29, 0.717) is 11.3 Å². The number of hydrogen-bond acceptors (Lipinski definition) is 4. The molecule has 5 heteroatoms. The normalized spacial score (nSPS) is 11.6. The Morgan fingerprint density at radius 2 is 2.18 bits per heavy atom. The molecule has 0 bridgehead atoms. The van der Waals surface area contributed by atoms with Crippen molar-refractivity contribution in [2.45, 2.75) is 13.8 Å². The zero-order valence-electron chi connectivity index (χ0n) is 10.0. The number of ether oxygens (including phenoxy) is 1. The number of phenols is 1. The van der Waals surface area contributed by atoms with Crippen LogP contribution >= 0.6 is 0 Å². The van der Waals surface area contributed by atoms with E-state index in [4.69, 9.17) is 4.74 Å². The van der Waals surface area contributed by atoms with Gasteiger partial charge in [0, 0.05) is 12.0 Å². The van der Waals surface area contributed by atoms with Gasteiger partial charge in [-0.3, -0.25) is 10.1 Å². The van der Waals surface area contributed by atoms with Gasteiger partial charge in [0.05, 0.1) is 12.0 Å². The first kappa shape index (κ1) is 13.0. The summed E-state index contributed by atoms with van der Waals surface area (Å²) in [5, 5.41) is 20.2. The average molecular weight is 237 g/mol. The van der Waals surface area contributed by atoms with Gasteiger partial charge < -0.3 is 9.84 Å². The van der Waals surface area contributed by atoms with Gasteiger partial charge in [0.1, 0.15) is 0 Å². The lowest BCUT2D eigenvalue weighted by atomic mass is 10.1. The number of allylic oxidation sites excluding steroid dienone is 1. The molecule has 0 aromatic heterocycles. The van der Waals surface area contributed by atoms with Crippen molar-refractivity contribution in [2.24, 2.45) is 5.92 Å². The molecule has 17 heavy (non-hydrogen) atoms. The maximum atomic E-state index is 10.8. The van der Waals surface area contributed by atoms with Crippen LogP contribution in [0.25, 0.3) is 6.08 Å². The zero-order valence-corrected chi connectivity index (χ0v) is 10.0. The molecule has 0 aliphatic rings. The van der Waals surface area contributed by atoms with Crippen LogP contribution in [0.4, 0.5) is 0 Å². The van der Waals surface area contributed by atoms with Crippen molar-refractivity contribution in [3.8, 4) is 11.5 Å². The van der Waals surface area contributed by atoms with Crippen LogP contribution < -0.4 is 4.74 Å². The van der Waals surface area contributed by atoms with Crippen LogP contribution in [0.1, 0.15) is 19.4 Å². The van der Waals surface area contributed by atoms with E-state index in [2.05, 4.69) is 0 Å². The highest BCUT2D eigenvalue weighted by Gasteiger charge is 2.15. The van der Waals surface area contributed by atoms with Crippen molar-refractivity contribution >= 4 is 6.08 Å². The fourth-order valence-electron chi connectivity index (χ4n) is 1.38. The smallest absolute Gasteiger partial charge is 0.249 e. The molecule has 1 rings (SSSR count). The van der Waals surface area contributed by atoms with E-state index in [1.165, 1.54) is 19.3 Å². The molecule has 0 radical (unpaired) electrons. The van der Waals surface area contributed by atoms with Crippen LogP contribution in [0, 0.1) is 16.0 Å². The summed E-state index contributed by atoms with van der Waals surface area (Å²) in [4.78, 5) is 10.4. The molecule has 1 aromatic rings. The summed E-state index contributed by atoms with van der Waals surface area (Å²) in [7, 11) is 1.43. The van der Waals surface area contributed by atoms with Crippen molar-refractivity contribution in [1.82, 2.24) is 0 Å². The Hall–Kier alpha value is -2.04. The Bertz CT molecular complexity index is 452. The van der Waals surface area contributed by atoms with Crippen molar-refractivity contribution in [3.63, 3.8) is 0 Å². The van der Waals surface area contributed by atoms with Crippen molar-refractivity contribution in [3.05, 3.63) is 39.6 Å². The van der Waals surface area contributed by atoms with Crippen molar-refractivity contribution in [1.29, 1.82) is 0 Å². The maximum Gasteiger partial charge on any atom is 0.249 e. The summed E-state index contributed by atoms with van der Waals surface area (Å²) >= 11 is 0. The molecule has 0 saturated carbocycles. The molecular weight excluding hydrogens is 222 g/mol. The van der Waals surface area contributed by atoms with Crippen LogP contribution in [-0.2, 0) is 0 Å². The first-order valence-electron chi connectivity index (χ1n) is 5.18. The molecule has 0 amide bonds. The molecule has 0 saturated heterocycles. The van der Waals surface area contributed by atoms with Crippen LogP contribution in [-0.4, -0.2) is 17.1 Å². The van der Waals surface area contributed by atoms with E-state index >= 15 is 0 Å². The predicted molar refractivity (Wildman–Crippen MR) is 64.5 cm³/mol. The molecule has 0 aliphatic heterocycles. The van der Waals surface area contributed by atoms with Gasteiger partial charge in [-0.15, -0.1) is 0 Å². The van der Waals surface area contributed by atoms with Gasteiger partial charge >= 0.3 is 0 Å². The lowest BCUT2D eigenvalue weighted by Gasteiger charge is -2.05. The SMILES string of the molecule is COc1cc(/C=C(/C(C)C)[N+](=O)[O-])ccc1O. The largest absolute Gasteiger partial charge is 0.504 e. The number of rotatable bonds is 4. The maximum absolute atomic E-state index is 10.8. The molecule has 5 nitrogen and oxygen atoms in total. The molecule has 0 aliphatic carbocycles. The van der Waals surface area contributed by atoms with Crippen LogP contribution in [0.15, 0.2) is 23.9 Å². The number of nitro groups is 1. The zero-order chi connectivity index (χ0) is 13.0. The van der Waals surface area contributed by atoms with E-state index in [9.17, 15) is 15.2 Å². The minimum atomic E-state index is -0.399. The second-order valence-electron chi connectivity index (χ2n) is 3.91. The van der Waals surface area contributed by atoms with Crippen LogP contribution in [0.5, 0.6) is 11.5 Å². The molecule has 1 aromatic carbocycles. The molecule has 0 atom stereocenters. The second-order valence-corrected chi connectivity index (χ2v) is 3.91. The van der Waals surface area contributed by atoms with Gasteiger partial charge in [-0.25, -0.2) is 0 Å². The summed E-state index contributed by atoms with van der Waals surface area (Å²) in [6.45, 7) is 3.51. The first-order valence-corrected chi connectivity index (χ1v) is 5.18. The Morgan fingerprint density at radius 1 is 1.53 bits per heavy atom. The second kappa shape index (κ2) is 5.34. The van der Waals surface area contributed by atoms with Gasteiger partial charge in [-0.2, -0.15) is 0 Å². The number of aromatic hydroxyl groups is 1. The molecule has 0 unspecified atom stereocenters. The third-order valence-corrected chi connectivity index (χ3v) is 2.32. The number of hydrogen-bond donors (Lipinski definition) is 1. The van der Waals surface area contributed by atoms with Gasteiger partial charge in [0.2, 0.25) is 5.70 Å². The summed E-state index contributed by atoms with van der Waals surface area (Å²) in [5.74, 6) is 0.131. The van der Waals surface area contributed by atoms with Gasteiger partial charge in [-0.1, -0.05) is 19.9 Å². The Kier molecular flexibility index (Phi) is 4.09. The van der Waals surface area contributed by atoms with E-state index in [1.54, 1.807) is 26.0 Å². The molecule has 1 N–H and O–H groups in total. The summed E-state index contributed by atoms with van der Waals surface area (Å²) in [5.41, 5.74) is 0.748. The lowest BCUT2D eigenvalue weighted by Crippen LogP contribution is -2.05. The van der Waals surface area contributed by atoms with Crippen molar-refractivity contribution < 1.29 is 14.8 Å². The van der Waals surface area contributed by atoms with E-state index in [0.717, 1.165) is 0 Å². The predicted octanol–water partition coefficient (Wildman–Crippen LogP) is 2.67. The Balaban J connectivity index is 3.16. The van der Waals surface area contributed by atoms with Crippen LogP contribution in [0.2, 0.25) is 0 Å². The van der Waals surface area contributed by atoms with E-state index in [-0.39, 0.29) is 17.4 Å². The molecule has 0 spiro atoms. The average Bonchev–Trinajstić information content (AvgIpc) is 2.26. The van der Waals surface area contributed by atoms with Gasteiger partial charge in [0.25, 0.3) is 0 Å². The minimum absolute atomic E-state index is 0.0110. The highest BCUT2D eigenvalue weighted by molar-refractivity contribution is 5.56. The fraction of sp³-hybridized carbons (Fsp3) is 0.333. The summed E-state index contributed by atoms with van der Waals surface area (Å²) in [6, 6.07) is 4.60. The third kappa shape index (κ3) is 3.21. The number of methoxy groups -OCH3 is 1. The molecular formula is C12H15NO4. The number of phenolic OH excluding ortho intramolecular Hbond substituents is 1. The third-order valence-electron chi connectivity index (χ3n) is 2.32. The molecule has 0 fully saturated rings. The van der Waals surface area contributed by atoms with E-state index < -0.39 is 4.92 Å². The lowest BCUT2D eigenvalue weighted by molar-refractivity contribution is -0.431. The van der Waals surface area contributed by atoms with Crippen LogP contribution in [0.3, 0.4) is 0 Å². The monoisotopic (exact) mass is 237 g/mol. The standard InChI is InChI=1S/C12H15NO4/c1-8(2)10(13(15)16)6-9-4-5-11(14)12(7-9)17-3/h4-8,14H,1-3H3/b10-6-. The first-order chi connectivity index (χ1) is 7.95. The van der Waals surface area contributed by atoms with E-state index in [1.807, 2.05) is 0 Å². The Labute approximate surface area is 99.5 Å². The highest BCUT2D eigenvalue weighted by Crippen LogP contribution is 2.27. The highest BCUT2D eigenvalue weighted by atomic mass is 16.6. The molecule has 92 valence electrons. The topological polar surface area (TPSA) is 72.6 Å². The minimum Gasteiger partial charge on any atom is -0.504 e. The van der Waals surface area contributed by atoms with Gasteiger partial charge in [-0.05, 0) is 17.7 Å². The number of benzene rings is 1. The molecule has 0 heterocycles. The summed E-state index contributed by atoms with van der Waals surface area (Å²) < 4.78 is 4.94. The summed E-state index contributed by atoms with van der Waals surface area (Å²) in [6.07, 6.45) is 1.48. The quantitative estimate of drug-likeness (QED) is 0.645. The Morgan fingerprint density at radius 3 is 2.65 bits per heavy atom. The van der Waals surface area contributed by atoms with Gasteiger partial charge in [0.15, 0.2) is 11.5 Å². The number of nitrogens with zero attached hydrogens (tertiary/aromatic N) is 1.